The molecule has 2 N–H and O–H groups in total. The molecule has 0 aromatic heterocycles. The fourth-order valence-corrected chi connectivity index (χ4v) is 6.03. The normalized spacial score (nSPS) is 40.1. The van der Waals surface area contributed by atoms with Gasteiger partial charge in [0.25, 0.3) is 0 Å². The van der Waals surface area contributed by atoms with E-state index in [-0.39, 0.29) is 12.4 Å². The molecular formula is C19H28ClN. The summed E-state index contributed by atoms with van der Waals surface area (Å²) < 4.78 is 0. The topological polar surface area (TPSA) is 26.0 Å². The van der Waals surface area contributed by atoms with E-state index in [4.69, 9.17) is 5.73 Å². The standard InChI is InChI=1S/C19H27N.ClH/c1-2-13-4-3-5-16(7-13)19(12-20)17-8-14-6-15(10-17)11-18(19)9-14;/h3-5,7,14-15,17-18H,2,6,8-12,20H2,1H3;1H. The van der Waals surface area contributed by atoms with E-state index >= 15 is 0 Å². The molecule has 116 valence electrons. The fourth-order valence-electron chi connectivity index (χ4n) is 6.03. The Balaban J connectivity index is 0.00000132. The molecule has 0 atom stereocenters. The van der Waals surface area contributed by atoms with Gasteiger partial charge in [0.1, 0.15) is 0 Å². The van der Waals surface area contributed by atoms with Crippen molar-refractivity contribution >= 4 is 12.4 Å². The van der Waals surface area contributed by atoms with E-state index in [1.54, 1.807) is 5.56 Å². The molecule has 4 aliphatic rings. The van der Waals surface area contributed by atoms with E-state index in [1.165, 1.54) is 37.7 Å². The van der Waals surface area contributed by atoms with Crippen LogP contribution in [0.15, 0.2) is 24.3 Å². The fraction of sp³-hybridized carbons (Fsp3) is 0.684. The van der Waals surface area contributed by atoms with Gasteiger partial charge in [0.2, 0.25) is 0 Å². The lowest BCUT2D eigenvalue weighted by Crippen LogP contribution is -2.58. The first-order valence-corrected chi connectivity index (χ1v) is 8.55. The molecule has 0 saturated heterocycles. The SMILES string of the molecule is CCc1cccc(C2(CN)C3CC4CC(C3)CC2C4)c1.Cl. The third-order valence-corrected chi connectivity index (χ3v) is 6.81. The second-order valence-corrected chi connectivity index (χ2v) is 7.60. The highest BCUT2D eigenvalue weighted by atomic mass is 35.5. The van der Waals surface area contributed by atoms with Crippen molar-refractivity contribution in [2.24, 2.45) is 29.4 Å². The Morgan fingerprint density at radius 1 is 1.05 bits per heavy atom. The number of halogens is 1. The summed E-state index contributed by atoms with van der Waals surface area (Å²) in [7, 11) is 0. The predicted octanol–water partition coefficient (Wildman–Crippen LogP) is 4.32. The van der Waals surface area contributed by atoms with Crippen LogP contribution in [0.4, 0.5) is 0 Å². The van der Waals surface area contributed by atoms with Gasteiger partial charge in [-0.15, -0.1) is 12.4 Å². The molecule has 0 amide bonds. The Kier molecular flexibility index (Phi) is 4.09. The van der Waals surface area contributed by atoms with Crippen LogP contribution < -0.4 is 5.73 Å². The summed E-state index contributed by atoms with van der Waals surface area (Å²) in [5.74, 6) is 3.75. The summed E-state index contributed by atoms with van der Waals surface area (Å²) in [5.41, 5.74) is 9.76. The minimum atomic E-state index is 0. The second kappa shape index (κ2) is 5.59. The van der Waals surface area contributed by atoms with Gasteiger partial charge >= 0.3 is 0 Å². The lowest BCUT2D eigenvalue weighted by molar-refractivity contribution is -0.0567. The van der Waals surface area contributed by atoms with Gasteiger partial charge in [0, 0.05) is 12.0 Å². The lowest BCUT2D eigenvalue weighted by Gasteiger charge is -2.61. The van der Waals surface area contributed by atoms with Crippen LogP contribution in [0.1, 0.15) is 50.2 Å². The molecular weight excluding hydrogens is 278 g/mol. The van der Waals surface area contributed by atoms with Crippen LogP contribution in [0.2, 0.25) is 0 Å². The number of benzene rings is 1. The van der Waals surface area contributed by atoms with Gasteiger partial charge < -0.3 is 5.73 Å². The molecule has 21 heavy (non-hydrogen) atoms. The van der Waals surface area contributed by atoms with E-state index in [2.05, 4.69) is 31.2 Å². The highest BCUT2D eigenvalue weighted by molar-refractivity contribution is 5.85. The molecule has 1 nitrogen and oxygen atoms in total. The Bertz CT molecular complexity index is 482. The zero-order valence-electron chi connectivity index (χ0n) is 13.1. The van der Waals surface area contributed by atoms with Gasteiger partial charge in [0.15, 0.2) is 0 Å². The average Bonchev–Trinajstić information content (AvgIpc) is 2.47. The minimum Gasteiger partial charge on any atom is -0.330 e. The molecule has 1 aromatic carbocycles. The highest BCUT2D eigenvalue weighted by Crippen LogP contribution is 2.62. The Labute approximate surface area is 135 Å². The van der Waals surface area contributed by atoms with Gasteiger partial charge in [-0.3, -0.25) is 0 Å². The Morgan fingerprint density at radius 3 is 2.19 bits per heavy atom. The van der Waals surface area contributed by atoms with E-state index in [1.807, 2.05) is 0 Å². The molecule has 4 aliphatic carbocycles. The third-order valence-electron chi connectivity index (χ3n) is 6.81. The average molecular weight is 306 g/mol. The van der Waals surface area contributed by atoms with Crippen LogP contribution in [0.5, 0.6) is 0 Å². The number of aryl methyl sites for hydroxylation is 1. The summed E-state index contributed by atoms with van der Waals surface area (Å²) in [5, 5.41) is 0. The molecule has 2 heteroatoms. The van der Waals surface area contributed by atoms with Crippen LogP contribution in [0.3, 0.4) is 0 Å². The quantitative estimate of drug-likeness (QED) is 0.884. The lowest BCUT2D eigenvalue weighted by atomic mass is 9.44. The maximum atomic E-state index is 6.41. The van der Waals surface area contributed by atoms with Crippen molar-refractivity contribution in [3.63, 3.8) is 0 Å². The van der Waals surface area contributed by atoms with Gasteiger partial charge in [-0.1, -0.05) is 31.2 Å². The molecule has 4 saturated carbocycles. The van der Waals surface area contributed by atoms with Gasteiger partial charge in [-0.25, -0.2) is 0 Å². The number of hydrogen-bond donors (Lipinski definition) is 1. The van der Waals surface area contributed by atoms with E-state index in [0.717, 1.165) is 36.6 Å². The van der Waals surface area contributed by atoms with Gasteiger partial charge in [-0.05, 0) is 73.3 Å². The molecule has 0 unspecified atom stereocenters. The maximum absolute atomic E-state index is 6.41. The minimum absolute atomic E-state index is 0. The zero-order chi connectivity index (χ0) is 13.7. The molecule has 4 bridgehead atoms. The van der Waals surface area contributed by atoms with E-state index in [9.17, 15) is 0 Å². The molecule has 0 aliphatic heterocycles. The van der Waals surface area contributed by atoms with Crippen molar-refractivity contribution < 1.29 is 0 Å². The van der Waals surface area contributed by atoms with Crippen LogP contribution in [0, 0.1) is 23.7 Å². The molecule has 4 fully saturated rings. The number of rotatable bonds is 3. The predicted molar refractivity (Wildman–Crippen MR) is 90.8 cm³/mol. The second-order valence-electron chi connectivity index (χ2n) is 7.60. The van der Waals surface area contributed by atoms with E-state index in [0.29, 0.717) is 5.41 Å². The largest absolute Gasteiger partial charge is 0.330 e. The maximum Gasteiger partial charge on any atom is 0.0132 e. The van der Waals surface area contributed by atoms with E-state index < -0.39 is 0 Å². The van der Waals surface area contributed by atoms with Crippen LogP contribution >= 0.6 is 12.4 Å². The van der Waals surface area contributed by atoms with Crippen molar-refractivity contribution in [1.29, 1.82) is 0 Å². The number of hydrogen-bond acceptors (Lipinski definition) is 1. The molecule has 5 rings (SSSR count). The van der Waals surface area contributed by atoms with Crippen molar-refractivity contribution in [1.82, 2.24) is 0 Å². The van der Waals surface area contributed by atoms with Gasteiger partial charge in [0.05, 0.1) is 0 Å². The van der Waals surface area contributed by atoms with Crippen LogP contribution in [-0.4, -0.2) is 6.54 Å². The highest BCUT2D eigenvalue weighted by Gasteiger charge is 2.57. The first-order valence-electron chi connectivity index (χ1n) is 8.55. The molecule has 0 radical (unpaired) electrons. The smallest absolute Gasteiger partial charge is 0.0132 e. The number of nitrogens with two attached hydrogens (primary N) is 1. The summed E-state index contributed by atoms with van der Waals surface area (Å²) in [4.78, 5) is 0. The van der Waals surface area contributed by atoms with Crippen LogP contribution in [0.25, 0.3) is 0 Å². The first-order chi connectivity index (χ1) is 9.76. The first kappa shape index (κ1) is 15.4. The molecule has 0 spiro atoms. The Morgan fingerprint density at radius 2 is 1.67 bits per heavy atom. The summed E-state index contributed by atoms with van der Waals surface area (Å²) in [6, 6.07) is 9.36. The summed E-state index contributed by atoms with van der Waals surface area (Å²) in [6.07, 6.45) is 8.43. The van der Waals surface area contributed by atoms with Crippen molar-refractivity contribution in [2.75, 3.05) is 6.54 Å². The molecule has 0 heterocycles. The summed E-state index contributed by atoms with van der Waals surface area (Å²) in [6.45, 7) is 3.11. The van der Waals surface area contributed by atoms with Crippen molar-refractivity contribution in [3.05, 3.63) is 35.4 Å². The van der Waals surface area contributed by atoms with Crippen molar-refractivity contribution in [2.45, 2.75) is 50.9 Å². The Hall–Kier alpha value is -0.530. The third kappa shape index (κ3) is 2.16. The van der Waals surface area contributed by atoms with Crippen LogP contribution in [-0.2, 0) is 11.8 Å². The van der Waals surface area contributed by atoms with Gasteiger partial charge in [-0.2, -0.15) is 0 Å². The zero-order valence-corrected chi connectivity index (χ0v) is 13.9. The summed E-state index contributed by atoms with van der Waals surface area (Å²) >= 11 is 0. The monoisotopic (exact) mass is 305 g/mol. The molecule has 1 aromatic rings. The van der Waals surface area contributed by atoms with Crippen molar-refractivity contribution in [3.8, 4) is 0 Å².